The molecule has 220 valence electrons. The molecule has 0 radical (unpaired) electrons. The van der Waals surface area contributed by atoms with Gasteiger partial charge >= 0.3 is 0 Å². The topological polar surface area (TPSA) is 51.8 Å². The van der Waals surface area contributed by atoms with Gasteiger partial charge in [-0.2, -0.15) is 0 Å². The third-order valence-electron chi connectivity index (χ3n) is 8.72. The minimum atomic E-state index is 0.625. The molecule has 4 heteroatoms. The summed E-state index contributed by atoms with van der Waals surface area (Å²) in [5, 5.41) is 4.13. The number of fused-ring (bicyclic) bond motifs is 5. The van der Waals surface area contributed by atoms with Crippen LogP contribution in [0.1, 0.15) is 0 Å². The van der Waals surface area contributed by atoms with Crippen LogP contribution >= 0.6 is 0 Å². The summed E-state index contributed by atoms with van der Waals surface area (Å²) in [6.07, 6.45) is 0. The highest BCUT2D eigenvalue weighted by molar-refractivity contribution is 6.19. The van der Waals surface area contributed by atoms with Crippen LogP contribution in [-0.4, -0.2) is 15.0 Å². The van der Waals surface area contributed by atoms with Crippen molar-refractivity contribution in [1.29, 1.82) is 0 Å². The molecule has 0 bridgehead atoms. The Morgan fingerprint density at radius 3 is 1.49 bits per heavy atom. The third kappa shape index (κ3) is 4.84. The molecule has 0 atom stereocenters. The van der Waals surface area contributed by atoms with Gasteiger partial charge in [0.05, 0.1) is 0 Å². The van der Waals surface area contributed by atoms with Crippen molar-refractivity contribution < 1.29 is 4.42 Å². The van der Waals surface area contributed by atoms with Crippen molar-refractivity contribution in [3.05, 3.63) is 164 Å². The second kappa shape index (κ2) is 11.2. The minimum Gasteiger partial charge on any atom is -0.455 e. The molecule has 2 aromatic heterocycles. The van der Waals surface area contributed by atoms with E-state index in [1.807, 2.05) is 66.7 Å². The van der Waals surface area contributed by atoms with Crippen LogP contribution in [0.15, 0.2) is 168 Å². The SMILES string of the molecule is c1ccc(-c2cccc(-c3ccc4c(c3)oc3c5ccccc5c(-c5nc(-c6ccccc6)nc(-c6ccccc6)n5)cc43)c2)cc1. The van der Waals surface area contributed by atoms with Gasteiger partial charge in [-0.3, -0.25) is 0 Å². The van der Waals surface area contributed by atoms with Crippen molar-refractivity contribution in [1.82, 2.24) is 15.0 Å². The van der Waals surface area contributed by atoms with Crippen molar-refractivity contribution in [3.63, 3.8) is 0 Å². The Hall–Kier alpha value is -6.39. The van der Waals surface area contributed by atoms with E-state index < -0.39 is 0 Å². The molecule has 7 aromatic carbocycles. The molecule has 9 rings (SSSR count). The molecule has 0 spiro atoms. The zero-order chi connectivity index (χ0) is 31.2. The molecule has 0 unspecified atom stereocenters. The minimum absolute atomic E-state index is 0.625. The zero-order valence-electron chi connectivity index (χ0n) is 25.3. The van der Waals surface area contributed by atoms with Gasteiger partial charge in [-0.1, -0.05) is 140 Å². The standard InChI is InChI=1S/C43H27N3O/c1-4-13-28(14-5-1)31-19-12-20-32(25-31)33-23-24-35-37-27-38(34-21-10-11-22-36(34)40(37)47-39(35)26-33)43-45-41(29-15-6-2-7-16-29)44-42(46-43)30-17-8-3-9-18-30/h1-27H. The molecule has 0 aliphatic heterocycles. The number of furan rings is 1. The van der Waals surface area contributed by atoms with E-state index in [1.165, 1.54) is 11.1 Å². The van der Waals surface area contributed by atoms with Crippen LogP contribution in [0.4, 0.5) is 0 Å². The average molecular weight is 602 g/mol. The van der Waals surface area contributed by atoms with Gasteiger partial charge in [0.2, 0.25) is 0 Å². The van der Waals surface area contributed by atoms with Gasteiger partial charge in [-0.25, -0.2) is 15.0 Å². The van der Waals surface area contributed by atoms with Crippen LogP contribution in [-0.2, 0) is 0 Å². The summed E-state index contributed by atoms with van der Waals surface area (Å²) in [6.45, 7) is 0. The highest BCUT2D eigenvalue weighted by Crippen LogP contribution is 2.41. The van der Waals surface area contributed by atoms with E-state index in [2.05, 4.69) is 97.1 Å². The van der Waals surface area contributed by atoms with Crippen LogP contribution in [0.3, 0.4) is 0 Å². The van der Waals surface area contributed by atoms with Crippen LogP contribution in [0, 0.1) is 0 Å². The van der Waals surface area contributed by atoms with Crippen molar-refractivity contribution in [3.8, 4) is 56.4 Å². The van der Waals surface area contributed by atoms with Crippen molar-refractivity contribution in [2.75, 3.05) is 0 Å². The smallest absolute Gasteiger partial charge is 0.164 e. The fraction of sp³-hybridized carbons (Fsp3) is 0. The predicted octanol–water partition coefficient (Wildman–Crippen LogP) is 11.3. The van der Waals surface area contributed by atoms with Gasteiger partial charge in [0.15, 0.2) is 17.5 Å². The van der Waals surface area contributed by atoms with Crippen LogP contribution < -0.4 is 0 Å². The van der Waals surface area contributed by atoms with E-state index in [9.17, 15) is 0 Å². The second-order valence-electron chi connectivity index (χ2n) is 11.6. The van der Waals surface area contributed by atoms with E-state index in [1.54, 1.807) is 0 Å². The molecule has 0 aliphatic rings. The lowest BCUT2D eigenvalue weighted by molar-refractivity contribution is 0.673. The average Bonchev–Trinajstić information content (AvgIpc) is 3.53. The lowest BCUT2D eigenvalue weighted by Gasteiger charge is -2.11. The molecular formula is C43H27N3O. The summed E-state index contributed by atoms with van der Waals surface area (Å²) < 4.78 is 6.67. The molecular weight excluding hydrogens is 574 g/mol. The first kappa shape index (κ1) is 27.0. The maximum atomic E-state index is 6.67. The van der Waals surface area contributed by atoms with Crippen LogP contribution in [0.2, 0.25) is 0 Å². The normalized spacial score (nSPS) is 11.4. The first-order valence-electron chi connectivity index (χ1n) is 15.7. The summed E-state index contributed by atoms with van der Waals surface area (Å²) in [5.74, 6) is 1.90. The van der Waals surface area contributed by atoms with Crippen molar-refractivity contribution >= 4 is 32.7 Å². The molecule has 0 saturated heterocycles. The van der Waals surface area contributed by atoms with Gasteiger partial charge in [-0.15, -0.1) is 0 Å². The molecule has 4 nitrogen and oxygen atoms in total. The van der Waals surface area contributed by atoms with Crippen molar-refractivity contribution in [2.45, 2.75) is 0 Å². The monoisotopic (exact) mass is 601 g/mol. The lowest BCUT2D eigenvalue weighted by atomic mass is 9.97. The van der Waals surface area contributed by atoms with Gasteiger partial charge in [0.1, 0.15) is 11.2 Å². The molecule has 0 aliphatic carbocycles. The van der Waals surface area contributed by atoms with E-state index >= 15 is 0 Å². The molecule has 9 aromatic rings. The first-order valence-corrected chi connectivity index (χ1v) is 15.7. The third-order valence-corrected chi connectivity index (χ3v) is 8.72. The predicted molar refractivity (Wildman–Crippen MR) is 192 cm³/mol. The lowest BCUT2D eigenvalue weighted by Crippen LogP contribution is -2.00. The number of hydrogen-bond acceptors (Lipinski definition) is 4. The Bertz CT molecular complexity index is 2500. The summed E-state index contributed by atoms with van der Waals surface area (Å²) in [5.41, 5.74) is 9.15. The van der Waals surface area contributed by atoms with Gasteiger partial charge in [-0.05, 0) is 51.9 Å². The van der Waals surface area contributed by atoms with Gasteiger partial charge in [0, 0.05) is 32.8 Å². The Balaban J connectivity index is 1.24. The van der Waals surface area contributed by atoms with E-state index in [4.69, 9.17) is 19.4 Å². The van der Waals surface area contributed by atoms with Crippen LogP contribution in [0.5, 0.6) is 0 Å². The molecule has 0 N–H and O–H groups in total. The van der Waals surface area contributed by atoms with Gasteiger partial charge < -0.3 is 4.42 Å². The Labute approximate surface area is 271 Å². The largest absolute Gasteiger partial charge is 0.455 e. The fourth-order valence-electron chi connectivity index (χ4n) is 6.40. The van der Waals surface area contributed by atoms with E-state index in [0.717, 1.165) is 60.5 Å². The number of rotatable bonds is 5. The Morgan fingerprint density at radius 1 is 0.319 bits per heavy atom. The Kier molecular flexibility index (Phi) is 6.43. The molecule has 0 amide bonds. The highest BCUT2D eigenvalue weighted by atomic mass is 16.3. The number of benzene rings is 7. The maximum absolute atomic E-state index is 6.67. The maximum Gasteiger partial charge on any atom is 0.164 e. The molecule has 0 saturated carbocycles. The number of nitrogens with zero attached hydrogens (tertiary/aromatic N) is 3. The highest BCUT2D eigenvalue weighted by Gasteiger charge is 2.19. The molecule has 47 heavy (non-hydrogen) atoms. The van der Waals surface area contributed by atoms with E-state index in [0.29, 0.717) is 17.5 Å². The van der Waals surface area contributed by atoms with Crippen LogP contribution in [0.25, 0.3) is 89.1 Å². The Morgan fingerprint density at radius 2 is 0.830 bits per heavy atom. The van der Waals surface area contributed by atoms with Gasteiger partial charge in [0.25, 0.3) is 0 Å². The number of hydrogen-bond donors (Lipinski definition) is 0. The second-order valence-corrected chi connectivity index (χ2v) is 11.6. The zero-order valence-corrected chi connectivity index (χ0v) is 25.3. The molecule has 2 heterocycles. The van der Waals surface area contributed by atoms with E-state index in [-0.39, 0.29) is 0 Å². The quantitative estimate of drug-likeness (QED) is 0.197. The summed E-state index contributed by atoms with van der Waals surface area (Å²) >= 11 is 0. The summed E-state index contributed by atoms with van der Waals surface area (Å²) in [4.78, 5) is 15.0. The fourth-order valence-corrected chi connectivity index (χ4v) is 6.40. The molecule has 0 fully saturated rings. The number of aromatic nitrogens is 3. The summed E-state index contributed by atoms with van der Waals surface area (Å²) in [6, 6.07) is 56.3. The first-order chi connectivity index (χ1) is 23.3. The summed E-state index contributed by atoms with van der Waals surface area (Å²) in [7, 11) is 0. The van der Waals surface area contributed by atoms with Crippen molar-refractivity contribution in [2.24, 2.45) is 0 Å².